The number of aliphatic hydroxyl groups is 1. The zero-order chi connectivity index (χ0) is 25.5. The van der Waals surface area contributed by atoms with Crippen LogP contribution >= 0.6 is 0 Å². The number of carbonyl (C=O) groups is 2. The zero-order valence-corrected chi connectivity index (χ0v) is 20.0. The number of rotatable bonds is 4. The highest BCUT2D eigenvalue weighted by molar-refractivity contribution is 6.51. The zero-order valence-electron chi connectivity index (χ0n) is 20.0. The fourth-order valence-electron chi connectivity index (χ4n) is 5.24. The Morgan fingerprint density at radius 2 is 1.54 bits per heavy atom. The topological polar surface area (TPSA) is 79.3 Å². The smallest absolute Gasteiger partial charge is 0.300 e. The van der Waals surface area contributed by atoms with Gasteiger partial charge in [-0.25, -0.2) is 4.39 Å². The molecule has 1 unspecified atom stereocenters. The van der Waals surface area contributed by atoms with Crippen molar-refractivity contribution in [3.8, 4) is 11.5 Å². The molecule has 188 valence electrons. The number of Topliss-reactive ketones (excluding diaryl/α,β-unsaturated/α-hetero) is 1. The molecule has 0 spiro atoms. The number of ether oxygens (including phenoxy) is 2. The third-order valence-electron chi connectivity index (χ3n) is 7.06. The van der Waals surface area contributed by atoms with E-state index >= 15 is 4.39 Å². The van der Waals surface area contributed by atoms with Gasteiger partial charge in [0.1, 0.15) is 24.8 Å². The molecule has 7 nitrogen and oxygen atoms in total. The van der Waals surface area contributed by atoms with E-state index in [0.29, 0.717) is 30.4 Å². The summed E-state index contributed by atoms with van der Waals surface area (Å²) in [6.45, 7) is 2.70. The molecule has 1 atom stereocenters. The van der Waals surface area contributed by atoms with E-state index in [0.717, 1.165) is 31.6 Å². The maximum atomic E-state index is 15.1. The molecule has 0 radical (unpaired) electrons. The van der Waals surface area contributed by atoms with Crippen LogP contribution in [-0.2, 0) is 9.59 Å². The predicted molar refractivity (Wildman–Crippen MR) is 137 cm³/mol. The van der Waals surface area contributed by atoms with Crippen LogP contribution in [0.1, 0.15) is 30.0 Å². The summed E-state index contributed by atoms with van der Waals surface area (Å²) in [5.41, 5.74) is 1.67. The molecule has 2 saturated heterocycles. The van der Waals surface area contributed by atoms with Crippen LogP contribution in [0.25, 0.3) is 5.76 Å². The summed E-state index contributed by atoms with van der Waals surface area (Å²) in [5.74, 6) is -1.76. The van der Waals surface area contributed by atoms with E-state index in [9.17, 15) is 14.7 Å². The first-order valence-corrected chi connectivity index (χ1v) is 12.3. The van der Waals surface area contributed by atoms with Crippen molar-refractivity contribution in [2.75, 3.05) is 36.1 Å². The van der Waals surface area contributed by atoms with Gasteiger partial charge in [-0.1, -0.05) is 18.2 Å². The molecule has 0 aromatic heterocycles. The number of nitrogens with zero attached hydrogens (tertiary/aromatic N) is 2. The number of anilines is 2. The van der Waals surface area contributed by atoms with Crippen LogP contribution in [-0.4, -0.2) is 43.1 Å². The van der Waals surface area contributed by atoms with Gasteiger partial charge in [0.05, 0.1) is 11.6 Å². The molecule has 37 heavy (non-hydrogen) atoms. The largest absolute Gasteiger partial charge is 0.507 e. The van der Waals surface area contributed by atoms with E-state index in [1.807, 2.05) is 12.1 Å². The first-order valence-electron chi connectivity index (χ1n) is 12.3. The Labute approximate surface area is 213 Å². The Kier molecular flexibility index (Phi) is 5.79. The highest BCUT2D eigenvalue weighted by atomic mass is 19.1. The quantitative estimate of drug-likeness (QED) is 0.314. The van der Waals surface area contributed by atoms with Gasteiger partial charge in [-0.05, 0) is 61.4 Å². The first kappa shape index (κ1) is 23.1. The van der Waals surface area contributed by atoms with Crippen molar-refractivity contribution in [3.05, 3.63) is 89.2 Å². The first-order chi connectivity index (χ1) is 18.0. The van der Waals surface area contributed by atoms with Gasteiger partial charge in [-0.15, -0.1) is 0 Å². The fourth-order valence-corrected chi connectivity index (χ4v) is 5.24. The lowest BCUT2D eigenvalue weighted by atomic mass is 9.94. The van der Waals surface area contributed by atoms with Crippen LogP contribution in [0.5, 0.6) is 11.5 Å². The van der Waals surface area contributed by atoms with E-state index in [1.165, 1.54) is 23.1 Å². The summed E-state index contributed by atoms with van der Waals surface area (Å²) < 4.78 is 26.3. The van der Waals surface area contributed by atoms with Gasteiger partial charge in [0, 0.05) is 35.6 Å². The van der Waals surface area contributed by atoms with Gasteiger partial charge in [0.25, 0.3) is 11.7 Å². The average molecular weight is 501 g/mol. The molecular formula is C29H25FN2O5. The standard InChI is InChI=1S/C29H25FN2O5/c30-22-6-2-1-5-21(22)26-25(27(33)18-7-12-23-24(17-18)37-16-15-36-23)28(34)29(35)32(26)20-10-8-19(9-11-20)31-13-3-4-14-31/h1-2,5-12,17,26,33H,3-4,13-16H2/b27-25+. The third-order valence-corrected chi connectivity index (χ3v) is 7.06. The molecule has 3 heterocycles. The SMILES string of the molecule is O=C1C(=O)N(c2ccc(N3CCCC3)cc2)C(c2ccccc2F)/C1=C(\O)c1ccc2c(c1)OCCO2. The third kappa shape index (κ3) is 3.98. The summed E-state index contributed by atoms with van der Waals surface area (Å²) in [7, 11) is 0. The Morgan fingerprint density at radius 3 is 2.27 bits per heavy atom. The fraction of sp³-hybridized carbons (Fsp3) is 0.241. The lowest BCUT2D eigenvalue weighted by molar-refractivity contribution is -0.132. The number of hydrogen-bond donors (Lipinski definition) is 1. The molecule has 0 aliphatic carbocycles. The summed E-state index contributed by atoms with van der Waals surface area (Å²) >= 11 is 0. The van der Waals surface area contributed by atoms with Gasteiger partial charge in [-0.3, -0.25) is 14.5 Å². The average Bonchev–Trinajstić information content (AvgIpc) is 3.56. The minimum atomic E-state index is -1.15. The van der Waals surface area contributed by atoms with Gasteiger partial charge >= 0.3 is 0 Å². The van der Waals surface area contributed by atoms with Crippen molar-refractivity contribution in [2.24, 2.45) is 0 Å². The molecule has 6 rings (SSSR count). The van der Waals surface area contributed by atoms with Crippen molar-refractivity contribution in [3.63, 3.8) is 0 Å². The minimum Gasteiger partial charge on any atom is -0.507 e. The molecule has 0 saturated carbocycles. The highest BCUT2D eigenvalue weighted by Crippen LogP contribution is 2.44. The second kappa shape index (κ2) is 9.28. The lowest BCUT2D eigenvalue weighted by Gasteiger charge is -2.26. The summed E-state index contributed by atoms with van der Waals surface area (Å²) in [6, 6.07) is 16.9. The van der Waals surface area contributed by atoms with E-state index in [2.05, 4.69) is 4.90 Å². The van der Waals surface area contributed by atoms with Crippen LogP contribution in [0.15, 0.2) is 72.3 Å². The number of halogens is 1. The molecule has 0 bridgehead atoms. The second-order valence-electron chi connectivity index (χ2n) is 9.26. The number of hydrogen-bond acceptors (Lipinski definition) is 6. The van der Waals surface area contributed by atoms with Gasteiger partial charge in [-0.2, -0.15) is 0 Å². The number of fused-ring (bicyclic) bond motifs is 1. The molecular weight excluding hydrogens is 475 g/mol. The summed E-state index contributed by atoms with van der Waals surface area (Å²) in [5, 5.41) is 11.3. The Morgan fingerprint density at radius 1 is 0.865 bits per heavy atom. The lowest BCUT2D eigenvalue weighted by Crippen LogP contribution is -2.30. The van der Waals surface area contributed by atoms with Gasteiger partial charge in [0.2, 0.25) is 0 Å². The molecule has 3 aromatic carbocycles. The van der Waals surface area contributed by atoms with Crippen molar-refractivity contribution >= 4 is 28.8 Å². The van der Waals surface area contributed by atoms with Crippen molar-refractivity contribution in [2.45, 2.75) is 18.9 Å². The van der Waals surface area contributed by atoms with Crippen molar-refractivity contribution in [1.29, 1.82) is 0 Å². The molecule has 8 heteroatoms. The highest BCUT2D eigenvalue weighted by Gasteiger charge is 2.48. The number of carbonyl (C=O) groups excluding carboxylic acids is 2. The molecule has 2 fully saturated rings. The van der Waals surface area contributed by atoms with E-state index < -0.39 is 29.3 Å². The van der Waals surface area contributed by atoms with E-state index in [-0.39, 0.29) is 16.7 Å². The Bertz CT molecular complexity index is 1410. The van der Waals surface area contributed by atoms with Gasteiger partial charge < -0.3 is 19.5 Å². The van der Waals surface area contributed by atoms with Crippen LogP contribution in [0.4, 0.5) is 15.8 Å². The monoisotopic (exact) mass is 500 g/mol. The summed E-state index contributed by atoms with van der Waals surface area (Å²) in [6.07, 6.45) is 2.26. The molecule has 3 aliphatic rings. The Hall–Kier alpha value is -4.33. The number of ketones is 1. The number of benzene rings is 3. The minimum absolute atomic E-state index is 0.115. The van der Waals surface area contributed by atoms with E-state index in [1.54, 1.807) is 36.4 Å². The molecule has 1 amide bonds. The maximum absolute atomic E-state index is 15.1. The Balaban J connectivity index is 1.47. The van der Waals surface area contributed by atoms with Gasteiger partial charge in [0.15, 0.2) is 11.5 Å². The number of aliphatic hydroxyl groups excluding tert-OH is 1. The number of amides is 1. The van der Waals surface area contributed by atoms with Crippen LogP contribution in [0.3, 0.4) is 0 Å². The molecule has 1 N–H and O–H groups in total. The summed E-state index contributed by atoms with van der Waals surface area (Å²) in [4.78, 5) is 30.3. The van der Waals surface area contributed by atoms with Crippen molar-refractivity contribution in [1.82, 2.24) is 0 Å². The molecule has 3 aromatic rings. The van der Waals surface area contributed by atoms with Crippen LogP contribution in [0, 0.1) is 5.82 Å². The second-order valence-corrected chi connectivity index (χ2v) is 9.26. The van der Waals surface area contributed by atoms with Crippen LogP contribution in [0.2, 0.25) is 0 Å². The normalized spacial score (nSPS) is 20.5. The maximum Gasteiger partial charge on any atom is 0.300 e. The van der Waals surface area contributed by atoms with Crippen LogP contribution < -0.4 is 19.3 Å². The molecule has 3 aliphatic heterocycles. The van der Waals surface area contributed by atoms with Crippen molar-refractivity contribution < 1.29 is 28.6 Å². The predicted octanol–water partition coefficient (Wildman–Crippen LogP) is 4.82. The van der Waals surface area contributed by atoms with E-state index in [4.69, 9.17) is 9.47 Å².